The van der Waals surface area contributed by atoms with E-state index >= 15 is 0 Å². The molecule has 2 aliphatic rings. The zero-order chi connectivity index (χ0) is 14.8. The number of halogens is 1. The molecule has 1 aromatic carbocycles. The van der Waals surface area contributed by atoms with Gasteiger partial charge < -0.3 is 4.84 Å². The predicted molar refractivity (Wildman–Crippen MR) is 96.3 cm³/mol. The van der Waals surface area contributed by atoms with Crippen molar-refractivity contribution in [2.45, 2.75) is 39.0 Å². The summed E-state index contributed by atoms with van der Waals surface area (Å²) in [6, 6.07) is 8.94. The van der Waals surface area contributed by atoms with Crippen molar-refractivity contribution in [1.29, 1.82) is 0 Å². The van der Waals surface area contributed by atoms with Gasteiger partial charge in [0.2, 0.25) is 0 Å². The van der Waals surface area contributed by atoms with Crippen molar-refractivity contribution < 1.29 is 4.84 Å². The van der Waals surface area contributed by atoms with Crippen molar-refractivity contribution >= 4 is 33.9 Å². The van der Waals surface area contributed by atoms with E-state index in [9.17, 15) is 0 Å². The van der Waals surface area contributed by atoms with E-state index in [0.29, 0.717) is 5.92 Å². The van der Waals surface area contributed by atoms with Crippen LogP contribution in [0.2, 0.25) is 0 Å². The fourth-order valence-corrected chi connectivity index (χ4v) is 4.28. The minimum atomic E-state index is 0.687. The third-order valence-corrected chi connectivity index (χ3v) is 5.53. The molecule has 1 saturated carbocycles. The SMILES string of the molecule is CCC(=NOC)C1=C(c2ccc(I)cc2)CC2CC[C@@H]1C2. The minimum absolute atomic E-state index is 0.687. The summed E-state index contributed by atoms with van der Waals surface area (Å²) >= 11 is 2.37. The molecule has 0 N–H and O–H groups in total. The molecule has 0 heterocycles. The largest absolute Gasteiger partial charge is 0.399 e. The van der Waals surface area contributed by atoms with Gasteiger partial charge in [-0.1, -0.05) is 24.2 Å². The van der Waals surface area contributed by atoms with Gasteiger partial charge in [0, 0.05) is 3.57 Å². The third kappa shape index (κ3) is 3.03. The molecule has 2 bridgehead atoms. The summed E-state index contributed by atoms with van der Waals surface area (Å²) in [4.78, 5) is 5.11. The van der Waals surface area contributed by atoms with Crippen LogP contribution in [0.25, 0.3) is 5.57 Å². The number of fused-ring (bicyclic) bond motifs is 2. The van der Waals surface area contributed by atoms with E-state index in [1.807, 2.05) is 0 Å². The molecule has 1 unspecified atom stereocenters. The summed E-state index contributed by atoms with van der Waals surface area (Å²) < 4.78 is 1.29. The molecule has 2 nitrogen and oxygen atoms in total. The zero-order valence-corrected chi connectivity index (χ0v) is 14.9. The second kappa shape index (κ2) is 6.51. The van der Waals surface area contributed by atoms with Gasteiger partial charge in [0.05, 0.1) is 5.71 Å². The lowest BCUT2D eigenvalue weighted by Crippen LogP contribution is -2.18. The first-order chi connectivity index (χ1) is 10.2. The van der Waals surface area contributed by atoms with Crippen LogP contribution in [0.5, 0.6) is 0 Å². The fourth-order valence-electron chi connectivity index (χ4n) is 3.92. The molecular weight excluding hydrogens is 373 g/mol. The molecule has 3 heteroatoms. The highest BCUT2D eigenvalue weighted by Crippen LogP contribution is 2.49. The smallest absolute Gasteiger partial charge is 0.106 e. The van der Waals surface area contributed by atoms with Crippen molar-refractivity contribution in [1.82, 2.24) is 0 Å². The summed E-state index contributed by atoms with van der Waals surface area (Å²) in [5.41, 5.74) is 5.52. The Morgan fingerprint density at radius 2 is 2.05 bits per heavy atom. The Balaban J connectivity index is 2.09. The summed E-state index contributed by atoms with van der Waals surface area (Å²) in [7, 11) is 1.65. The first kappa shape index (κ1) is 15.1. The molecule has 1 aromatic rings. The van der Waals surface area contributed by atoms with Crippen LogP contribution in [-0.4, -0.2) is 12.8 Å². The Morgan fingerprint density at radius 3 is 2.71 bits per heavy atom. The van der Waals surface area contributed by atoms with Crippen LogP contribution >= 0.6 is 22.6 Å². The molecule has 0 aliphatic heterocycles. The number of hydrogen-bond acceptors (Lipinski definition) is 2. The van der Waals surface area contributed by atoms with E-state index in [-0.39, 0.29) is 0 Å². The molecule has 1 fully saturated rings. The van der Waals surface area contributed by atoms with Gasteiger partial charge in [0.1, 0.15) is 7.11 Å². The molecule has 112 valence electrons. The van der Waals surface area contributed by atoms with Crippen molar-refractivity contribution in [3.8, 4) is 0 Å². The van der Waals surface area contributed by atoms with Gasteiger partial charge in [-0.3, -0.25) is 0 Å². The number of benzene rings is 1. The van der Waals surface area contributed by atoms with E-state index in [1.165, 1.54) is 46.0 Å². The van der Waals surface area contributed by atoms with Gasteiger partial charge in [0.15, 0.2) is 0 Å². The molecule has 0 aromatic heterocycles. The zero-order valence-electron chi connectivity index (χ0n) is 12.7. The van der Waals surface area contributed by atoms with E-state index in [4.69, 9.17) is 4.84 Å². The van der Waals surface area contributed by atoms with Crippen molar-refractivity contribution in [3.63, 3.8) is 0 Å². The number of hydrogen-bond donors (Lipinski definition) is 0. The van der Waals surface area contributed by atoms with Gasteiger partial charge in [-0.05, 0) is 95.4 Å². The minimum Gasteiger partial charge on any atom is -0.399 e. The second-order valence-electron chi connectivity index (χ2n) is 6.05. The molecule has 21 heavy (non-hydrogen) atoms. The van der Waals surface area contributed by atoms with E-state index < -0.39 is 0 Å². The van der Waals surface area contributed by atoms with E-state index in [2.05, 4.69) is 58.9 Å². The third-order valence-electron chi connectivity index (χ3n) is 4.81. The van der Waals surface area contributed by atoms with Crippen LogP contribution in [0, 0.1) is 15.4 Å². The van der Waals surface area contributed by atoms with E-state index in [1.54, 1.807) is 7.11 Å². The van der Waals surface area contributed by atoms with Crippen LogP contribution in [0.15, 0.2) is 35.0 Å². The molecule has 0 saturated heterocycles. The van der Waals surface area contributed by atoms with Crippen LogP contribution in [0.1, 0.15) is 44.6 Å². The molecule has 2 aliphatic carbocycles. The first-order valence-corrected chi connectivity index (χ1v) is 8.90. The van der Waals surface area contributed by atoms with Gasteiger partial charge >= 0.3 is 0 Å². The second-order valence-corrected chi connectivity index (χ2v) is 7.30. The van der Waals surface area contributed by atoms with Crippen molar-refractivity contribution in [2.75, 3.05) is 7.11 Å². The van der Waals surface area contributed by atoms with Gasteiger partial charge in [0.25, 0.3) is 0 Å². The van der Waals surface area contributed by atoms with Crippen molar-refractivity contribution in [2.24, 2.45) is 17.0 Å². The maximum atomic E-state index is 5.11. The molecular formula is C18H22INO. The van der Waals surface area contributed by atoms with Crippen molar-refractivity contribution in [3.05, 3.63) is 39.0 Å². The highest BCUT2D eigenvalue weighted by atomic mass is 127. The lowest BCUT2D eigenvalue weighted by molar-refractivity contribution is 0.212. The summed E-state index contributed by atoms with van der Waals surface area (Å²) in [6.07, 6.45) is 6.17. The van der Waals surface area contributed by atoms with Crippen LogP contribution in [0.4, 0.5) is 0 Å². The van der Waals surface area contributed by atoms with Crippen LogP contribution in [0.3, 0.4) is 0 Å². The van der Waals surface area contributed by atoms with Gasteiger partial charge in [-0.2, -0.15) is 0 Å². The highest BCUT2D eigenvalue weighted by molar-refractivity contribution is 14.1. The van der Waals surface area contributed by atoms with E-state index in [0.717, 1.165) is 18.1 Å². The number of rotatable bonds is 4. The summed E-state index contributed by atoms with van der Waals surface area (Å²) in [5.74, 6) is 1.56. The average Bonchev–Trinajstić information content (AvgIpc) is 2.88. The average molecular weight is 395 g/mol. The van der Waals surface area contributed by atoms with Crippen LogP contribution < -0.4 is 0 Å². The Bertz CT molecular complexity index is 573. The number of oxime groups is 1. The lowest BCUT2D eigenvalue weighted by Gasteiger charge is -2.27. The topological polar surface area (TPSA) is 21.6 Å². The maximum absolute atomic E-state index is 5.11. The Kier molecular flexibility index (Phi) is 4.67. The molecule has 0 amide bonds. The quantitative estimate of drug-likeness (QED) is 0.386. The molecule has 3 rings (SSSR count). The van der Waals surface area contributed by atoms with Gasteiger partial charge in [-0.25, -0.2) is 0 Å². The number of allylic oxidation sites excluding steroid dienone is 2. The monoisotopic (exact) mass is 395 g/mol. The fraction of sp³-hybridized carbons (Fsp3) is 0.500. The Labute approximate surface area is 140 Å². The van der Waals surface area contributed by atoms with Gasteiger partial charge in [-0.15, -0.1) is 0 Å². The molecule has 0 spiro atoms. The highest BCUT2D eigenvalue weighted by Gasteiger charge is 2.36. The maximum Gasteiger partial charge on any atom is 0.106 e. The summed E-state index contributed by atoms with van der Waals surface area (Å²) in [5, 5.41) is 4.33. The molecule has 0 radical (unpaired) electrons. The first-order valence-electron chi connectivity index (χ1n) is 7.82. The predicted octanol–water partition coefficient (Wildman–Crippen LogP) is 5.28. The summed E-state index contributed by atoms with van der Waals surface area (Å²) in [6.45, 7) is 2.18. The molecule has 2 atom stereocenters. The Morgan fingerprint density at radius 1 is 1.29 bits per heavy atom. The normalized spacial score (nSPS) is 25.4. The Hall–Kier alpha value is -0.840. The van der Waals surface area contributed by atoms with Crippen LogP contribution in [-0.2, 0) is 4.84 Å². The number of nitrogens with zero attached hydrogens (tertiary/aromatic N) is 1. The lowest BCUT2D eigenvalue weighted by atomic mass is 9.78. The standard InChI is InChI=1S/C18H22INO/c1-3-17(20-21-2)18-14-5-4-12(10-14)11-16(18)13-6-8-15(19)9-7-13/h6-9,12,14H,3-5,10-11H2,1-2H3/t12?,14-/m1/s1.